The lowest BCUT2D eigenvalue weighted by molar-refractivity contribution is -0.142. The fraction of sp³-hybridized carbons (Fsp3) is 0.536. The minimum Gasteiger partial charge on any atom is -0.493 e. The summed E-state index contributed by atoms with van der Waals surface area (Å²) in [5.41, 5.74) is -1.64. The van der Waals surface area contributed by atoms with Crippen molar-refractivity contribution in [2.75, 3.05) is 19.7 Å². The molecule has 4 rings (SSSR count). The summed E-state index contributed by atoms with van der Waals surface area (Å²) >= 11 is 0. The Hall–Kier alpha value is -2.75. The number of ether oxygens (including phenoxy) is 1. The van der Waals surface area contributed by atoms with Crippen molar-refractivity contribution in [3.8, 4) is 5.75 Å². The van der Waals surface area contributed by atoms with Crippen LogP contribution in [-0.4, -0.2) is 35.7 Å². The number of carboxylic acid groups (broad SMARTS) is 1. The fourth-order valence-corrected chi connectivity index (χ4v) is 5.49. The number of hydrogen-bond donors (Lipinski definition) is 1. The Kier molecular flexibility index (Phi) is 8.02. The van der Waals surface area contributed by atoms with Crippen LogP contribution in [0.15, 0.2) is 42.5 Å². The van der Waals surface area contributed by atoms with E-state index < -0.39 is 41.4 Å². The van der Waals surface area contributed by atoms with Crippen LogP contribution in [0.3, 0.4) is 0 Å². The Bertz CT molecular complexity index is 1140. The predicted octanol–water partition coefficient (Wildman–Crippen LogP) is 7.40. The average Bonchev–Trinajstić information content (AvgIpc) is 3.56. The normalized spacial score (nSPS) is 21.2. The van der Waals surface area contributed by atoms with E-state index in [2.05, 4.69) is 0 Å². The molecule has 208 valence electrons. The third-order valence-electron chi connectivity index (χ3n) is 7.79. The van der Waals surface area contributed by atoms with E-state index >= 15 is 0 Å². The molecule has 1 unspecified atom stereocenters. The molecule has 0 aromatic heterocycles. The third kappa shape index (κ3) is 6.45. The standard InChI is InChI=1S/C28H31F6NO3/c1-16(26(36)37)25(19-6-7-19)20-4-3-5-22(12-20)38-15-18-10-11-35(14-18)17(2)23-13-21(27(29,30)31)8-9-24(23)28(32,33)34/h3-5,8-9,12-13,16-19,25H,6-7,10-11,14-15H2,1-2H3,(H,36,37)/t16-,17-,18?,25-/m0/s1. The van der Waals surface area contributed by atoms with E-state index in [1.54, 1.807) is 17.9 Å². The first-order valence-corrected chi connectivity index (χ1v) is 12.7. The molecule has 4 atom stereocenters. The maximum Gasteiger partial charge on any atom is 0.416 e. The Morgan fingerprint density at radius 1 is 1.03 bits per heavy atom. The molecule has 0 radical (unpaired) electrons. The highest BCUT2D eigenvalue weighted by atomic mass is 19.4. The summed E-state index contributed by atoms with van der Waals surface area (Å²) in [7, 11) is 0. The minimum atomic E-state index is -4.77. The monoisotopic (exact) mass is 543 g/mol. The van der Waals surface area contributed by atoms with E-state index in [-0.39, 0.29) is 17.4 Å². The van der Waals surface area contributed by atoms with Gasteiger partial charge in [0.25, 0.3) is 0 Å². The number of hydrogen-bond acceptors (Lipinski definition) is 3. The lowest BCUT2D eigenvalue weighted by Gasteiger charge is -2.28. The molecule has 2 aromatic rings. The van der Waals surface area contributed by atoms with E-state index in [9.17, 15) is 36.2 Å². The van der Waals surface area contributed by atoms with Crippen molar-refractivity contribution in [3.63, 3.8) is 0 Å². The molecule has 2 aliphatic rings. The molecule has 1 aliphatic carbocycles. The number of nitrogens with zero attached hydrogens (tertiary/aromatic N) is 1. The van der Waals surface area contributed by atoms with E-state index in [1.807, 2.05) is 18.2 Å². The second-order valence-corrected chi connectivity index (χ2v) is 10.5. The zero-order valence-electron chi connectivity index (χ0n) is 21.1. The average molecular weight is 544 g/mol. The minimum absolute atomic E-state index is 0.0154. The molecule has 2 fully saturated rings. The van der Waals surface area contributed by atoms with Crippen LogP contribution >= 0.6 is 0 Å². The zero-order valence-corrected chi connectivity index (χ0v) is 21.1. The van der Waals surface area contributed by atoms with Crippen molar-refractivity contribution < 1.29 is 41.0 Å². The first-order valence-electron chi connectivity index (χ1n) is 12.7. The summed E-state index contributed by atoms with van der Waals surface area (Å²) in [6.45, 7) is 4.32. The lowest BCUT2D eigenvalue weighted by Crippen LogP contribution is -2.28. The maximum atomic E-state index is 13.6. The SMILES string of the molecule is C[C@H](C(=O)O)[C@H](c1cccc(OCC2CCN([C@@H](C)c3cc(C(F)(F)F)ccc3C(F)(F)F)C2)c1)C1CC1. The molecule has 38 heavy (non-hydrogen) atoms. The predicted molar refractivity (Wildman–Crippen MR) is 129 cm³/mol. The molecule has 0 spiro atoms. The summed E-state index contributed by atoms with van der Waals surface area (Å²) in [5.74, 6) is -0.566. The van der Waals surface area contributed by atoms with Crippen LogP contribution in [0.1, 0.15) is 67.3 Å². The fourth-order valence-electron chi connectivity index (χ4n) is 5.49. The van der Waals surface area contributed by atoms with Gasteiger partial charge in [-0.2, -0.15) is 26.3 Å². The van der Waals surface area contributed by atoms with E-state index in [1.165, 1.54) is 6.92 Å². The van der Waals surface area contributed by atoms with Gasteiger partial charge in [-0.15, -0.1) is 0 Å². The second kappa shape index (κ2) is 10.8. The van der Waals surface area contributed by atoms with Crippen molar-refractivity contribution in [2.45, 2.75) is 57.4 Å². The molecule has 0 bridgehead atoms. The van der Waals surface area contributed by atoms with E-state index in [0.29, 0.717) is 56.0 Å². The van der Waals surface area contributed by atoms with Gasteiger partial charge < -0.3 is 9.84 Å². The third-order valence-corrected chi connectivity index (χ3v) is 7.79. The van der Waals surface area contributed by atoms with Gasteiger partial charge in [0.1, 0.15) is 5.75 Å². The first-order chi connectivity index (χ1) is 17.8. The van der Waals surface area contributed by atoms with Crippen molar-refractivity contribution in [1.82, 2.24) is 4.90 Å². The van der Waals surface area contributed by atoms with Gasteiger partial charge >= 0.3 is 18.3 Å². The summed E-state index contributed by atoms with van der Waals surface area (Å²) in [4.78, 5) is 13.4. The number of likely N-dealkylation sites (tertiary alicyclic amines) is 1. The summed E-state index contributed by atoms with van der Waals surface area (Å²) in [5, 5.41) is 9.52. The quantitative estimate of drug-likeness (QED) is 0.335. The molecule has 1 saturated heterocycles. The Balaban J connectivity index is 1.43. The number of benzene rings is 2. The molecule has 0 amide bonds. The topological polar surface area (TPSA) is 49.8 Å². The van der Waals surface area contributed by atoms with Crippen LogP contribution in [0.25, 0.3) is 0 Å². The molecule has 1 N–H and O–H groups in total. The van der Waals surface area contributed by atoms with Crippen LogP contribution in [-0.2, 0) is 17.1 Å². The Labute approximate surface area is 217 Å². The summed E-state index contributed by atoms with van der Waals surface area (Å²) in [6.07, 6.45) is -6.89. The van der Waals surface area contributed by atoms with Gasteiger partial charge in [0.15, 0.2) is 0 Å². The maximum absolute atomic E-state index is 13.6. The van der Waals surface area contributed by atoms with Crippen molar-refractivity contribution in [1.29, 1.82) is 0 Å². The number of halogens is 6. The van der Waals surface area contributed by atoms with Gasteiger partial charge in [-0.1, -0.05) is 19.1 Å². The van der Waals surface area contributed by atoms with Gasteiger partial charge in [-0.25, -0.2) is 0 Å². The largest absolute Gasteiger partial charge is 0.493 e. The van der Waals surface area contributed by atoms with Crippen molar-refractivity contribution >= 4 is 5.97 Å². The number of carboxylic acids is 1. The summed E-state index contributed by atoms with van der Waals surface area (Å²) in [6, 6.07) is 8.10. The van der Waals surface area contributed by atoms with Crippen LogP contribution in [0.2, 0.25) is 0 Å². The van der Waals surface area contributed by atoms with Gasteiger partial charge in [0.05, 0.1) is 23.7 Å². The molecular formula is C28H31F6NO3. The highest BCUT2D eigenvalue weighted by molar-refractivity contribution is 5.71. The molecule has 1 aliphatic heterocycles. The molecule has 4 nitrogen and oxygen atoms in total. The Morgan fingerprint density at radius 3 is 2.34 bits per heavy atom. The van der Waals surface area contributed by atoms with E-state index in [0.717, 1.165) is 18.4 Å². The van der Waals surface area contributed by atoms with Crippen LogP contribution in [0.5, 0.6) is 5.75 Å². The molecule has 1 saturated carbocycles. The number of carbonyl (C=O) groups is 1. The van der Waals surface area contributed by atoms with Crippen LogP contribution in [0.4, 0.5) is 26.3 Å². The number of alkyl halides is 6. The van der Waals surface area contributed by atoms with Crippen LogP contribution < -0.4 is 4.74 Å². The molecule has 1 heterocycles. The molecule has 10 heteroatoms. The lowest BCUT2D eigenvalue weighted by atomic mass is 9.83. The van der Waals surface area contributed by atoms with Crippen molar-refractivity contribution in [3.05, 3.63) is 64.7 Å². The van der Waals surface area contributed by atoms with Crippen LogP contribution in [0, 0.1) is 17.8 Å². The second-order valence-electron chi connectivity index (χ2n) is 10.5. The first kappa shape index (κ1) is 28.3. The van der Waals surface area contributed by atoms with E-state index in [4.69, 9.17) is 4.74 Å². The Morgan fingerprint density at radius 2 is 1.74 bits per heavy atom. The van der Waals surface area contributed by atoms with Gasteiger partial charge in [0, 0.05) is 18.5 Å². The zero-order chi connectivity index (χ0) is 27.8. The number of rotatable bonds is 9. The summed E-state index contributed by atoms with van der Waals surface area (Å²) < 4.78 is 86.5. The molecular weight excluding hydrogens is 512 g/mol. The highest BCUT2D eigenvalue weighted by Gasteiger charge is 2.40. The van der Waals surface area contributed by atoms with Gasteiger partial charge in [0.2, 0.25) is 0 Å². The molecule has 2 aromatic carbocycles. The van der Waals surface area contributed by atoms with Gasteiger partial charge in [-0.3, -0.25) is 9.69 Å². The highest BCUT2D eigenvalue weighted by Crippen LogP contribution is 2.47. The van der Waals surface area contributed by atoms with Gasteiger partial charge in [-0.05, 0) is 86.0 Å². The number of aliphatic carboxylic acids is 1. The smallest absolute Gasteiger partial charge is 0.416 e. The van der Waals surface area contributed by atoms with Crippen molar-refractivity contribution in [2.24, 2.45) is 17.8 Å².